The second-order valence-electron chi connectivity index (χ2n) is 7.45. The van der Waals surface area contributed by atoms with Crippen LogP contribution in [0.5, 0.6) is 0 Å². The van der Waals surface area contributed by atoms with Gasteiger partial charge < -0.3 is 10.6 Å². The molecule has 3 aromatic rings. The Morgan fingerprint density at radius 1 is 1.04 bits per heavy atom. The van der Waals surface area contributed by atoms with E-state index in [1.807, 2.05) is 49.4 Å². The monoisotopic (exact) mass is 412 g/mol. The van der Waals surface area contributed by atoms with Crippen LogP contribution in [-0.2, 0) is 10.2 Å². The SMILES string of the molecule is Cc1ccccc1Nc1nnc(SCC(=O)Nc2ccccc2C(C)(C)C)s1. The number of para-hydroxylation sites is 2. The van der Waals surface area contributed by atoms with E-state index in [0.29, 0.717) is 0 Å². The van der Waals surface area contributed by atoms with Crippen molar-refractivity contribution < 1.29 is 4.79 Å². The van der Waals surface area contributed by atoms with Crippen LogP contribution >= 0.6 is 23.1 Å². The summed E-state index contributed by atoms with van der Waals surface area (Å²) in [5.74, 6) is 0.239. The summed E-state index contributed by atoms with van der Waals surface area (Å²) in [6.07, 6.45) is 0. The number of thioether (sulfide) groups is 1. The second-order valence-corrected chi connectivity index (χ2v) is 9.65. The first-order valence-corrected chi connectivity index (χ1v) is 10.8. The molecule has 3 rings (SSSR count). The van der Waals surface area contributed by atoms with Crippen LogP contribution in [0.15, 0.2) is 52.9 Å². The Bertz CT molecular complexity index is 963. The van der Waals surface area contributed by atoms with E-state index in [1.165, 1.54) is 23.1 Å². The quantitative estimate of drug-likeness (QED) is 0.515. The average Bonchev–Trinajstić information content (AvgIpc) is 3.09. The molecule has 28 heavy (non-hydrogen) atoms. The van der Waals surface area contributed by atoms with Crippen molar-refractivity contribution in [3.8, 4) is 0 Å². The highest BCUT2D eigenvalue weighted by Gasteiger charge is 2.18. The Kier molecular flexibility index (Phi) is 6.36. The Morgan fingerprint density at radius 2 is 1.71 bits per heavy atom. The molecule has 1 aromatic heterocycles. The molecule has 0 unspecified atom stereocenters. The summed E-state index contributed by atoms with van der Waals surface area (Å²) in [5.41, 5.74) is 4.09. The van der Waals surface area contributed by atoms with Crippen LogP contribution in [0.3, 0.4) is 0 Å². The van der Waals surface area contributed by atoms with Crippen LogP contribution < -0.4 is 10.6 Å². The molecular formula is C21H24N4OS2. The predicted molar refractivity (Wildman–Crippen MR) is 119 cm³/mol. The van der Waals surface area contributed by atoms with Crippen LogP contribution in [0.25, 0.3) is 0 Å². The second kappa shape index (κ2) is 8.75. The van der Waals surface area contributed by atoms with Crippen molar-refractivity contribution in [3.05, 3.63) is 59.7 Å². The zero-order chi connectivity index (χ0) is 20.1. The number of carbonyl (C=O) groups is 1. The molecule has 5 nitrogen and oxygen atoms in total. The molecule has 1 heterocycles. The van der Waals surface area contributed by atoms with Crippen LogP contribution in [0.4, 0.5) is 16.5 Å². The van der Waals surface area contributed by atoms with E-state index in [0.717, 1.165) is 32.0 Å². The number of benzene rings is 2. The van der Waals surface area contributed by atoms with E-state index in [4.69, 9.17) is 0 Å². The smallest absolute Gasteiger partial charge is 0.234 e. The minimum Gasteiger partial charge on any atom is -0.330 e. The molecule has 146 valence electrons. The van der Waals surface area contributed by atoms with Gasteiger partial charge in [-0.05, 0) is 35.6 Å². The first-order valence-electron chi connectivity index (χ1n) is 9.01. The number of aromatic nitrogens is 2. The van der Waals surface area contributed by atoms with Crippen molar-refractivity contribution in [3.63, 3.8) is 0 Å². The number of anilines is 3. The fourth-order valence-corrected chi connectivity index (χ4v) is 4.27. The summed E-state index contributed by atoms with van der Waals surface area (Å²) in [6, 6.07) is 15.9. The third-order valence-electron chi connectivity index (χ3n) is 4.13. The number of amides is 1. The molecule has 0 bridgehead atoms. The molecule has 0 radical (unpaired) electrons. The molecule has 0 spiro atoms. The summed E-state index contributed by atoms with van der Waals surface area (Å²) < 4.78 is 0.760. The topological polar surface area (TPSA) is 66.9 Å². The zero-order valence-corrected chi connectivity index (χ0v) is 18.1. The third kappa shape index (κ3) is 5.33. The average molecular weight is 413 g/mol. The van der Waals surface area contributed by atoms with E-state index >= 15 is 0 Å². The maximum absolute atomic E-state index is 12.4. The highest BCUT2D eigenvalue weighted by Crippen LogP contribution is 2.31. The van der Waals surface area contributed by atoms with Gasteiger partial charge in [-0.3, -0.25) is 4.79 Å². The van der Waals surface area contributed by atoms with Gasteiger partial charge in [-0.25, -0.2) is 0 Å². The van der Waals surface area contributed by atoms with Crippen molar-refractivity contribution in [2.24, 2.45) is 0 Å². The number of nitrogens with one attached hydrogen (secondary N) is 2. The molecule has 2 aromatic carbocycles. The fourth-order valence-electron chi connectivity index (χ4n) is 2.71. The number of hydrogen-bond acceptors (Lipinski definition) is 6. The normalized spacial score (nSPS) is 11.3. The van der Waals surface area contributed by atoms with Crippen LogP contribution in [0.1, 0.15) is 31.9 Å². The maximum Gasteiger partial charge on any atom is 0.234 e. The van der Waals surface area contributed by atoms with E-state index < -0.39 is 0 Å². The van der Waals surface area contributed by atoms with Gasteiger partial charge >= 0.3 is 0 Å². The molecule has 1 amide bonds. The van der Waals surface area contributed by atoms with Gasteiger partial charge in [0.05, 0.1) is 5.75 Å². The van der Waals surface area contributed by atoms with Gasteiger partial charge in [-0.2, -0.15) is 0 Å². The summed E-state index contributed by atoms with van der Waals surface area (Å²) in [6.45, 7) is 8.45. The molecule has 0 saturated heterocycles. The molecule has 2 N–H and O–H groups in total. The van der Waals surface area contributed by atoms with Gasteiger partial charge in [0.1, 0.15) is 0 Å². The van der Waals surface area contributed by atoms with Crippen molar-refractivity contribution >= 4 is 45.5 Å². The summed E-state index contributed by atoms with van der Waals surface area (Å²) in [4.78, 5) is 12.4. The molecular weight excluding hydrogens is 388 g/mol. The summed E-state index contributed by atoms with van der Waals surface area (Å²) >= 11 is 2.83. The maximum atomic E-state index is 12.4. The lowest BCUT2D eigenvalue weighted by Crippen LogP contribution is -2.19. The number of nitrogens with zero attached hydrogens (tertiary/aromatic N) is 2. The van der Waals surface area contributed by atoms with E-state index in [9.17, 15) is 4.79 Å². The highest BCUT2D eigenvalue weighted by molar-refractivity contribution is 8.01. The van der Waals surface area contributed by atoms with Crippen LogP contribution in [0, 0.1) is 6.92 Å². The molecule has 0 saturated carbocycles. The fraction of sp³-hybridized carbons (Fsp3) is 0.286. The van der Waals surface area contributed by atoms with E-state index in [2.05, 4.69) is 47.7 Å². The minimum atomic E-state index is -0.0506. The number of carbonyl (C=O) groups excluding carboxylic acids is 1. The van der Waals surface area contributed by atoms with E-state index in [-0.39, 0.29) is 17.1 Å². The lowest BCUT2D eigenvalue weighted by Gasteiger charge is -2.22. The molecule has 0 aliphatic rings. The van der Waals surface area contributed by atoms with Crippen molar-refractivity contribution in [1.82, 2.24) is 10.2 Å². The van der Waals surface area contributed by atoms with Gasteiger partial charge in [0.2, 0.25) is 11.0 Å². The highest BCUT2D eigenvalue weighted by atomic mass is 32.2. The van der Waals surface area contributed by atoms with Gasteiger partial charge in [-0.15, -0.1) is 10.2 Å². The first kappa shape index (κ1) is 20.4. The molecule has 0 fully saturated rings. The van der Waals surface area contributed by atoms with Crippen molar-refractivity contribution in [1.29, 1.82) is 0 Å². The van der Waals surface area contributed by atoms with E-state index in [1.54, 1.807) is 0 Å². The standard InChI is InChI=1S/C21H24N4OS2/c1-14-9-5-7-11-16(14)23-19-24-25-20(28-19)27-13-18(26)22-17-12-8-6-10-15(17)21(2,3)4/h5-12H,13H2,1-4H3,(H,22,26)(H,23,24). The molecule has 0 aliphatic carbocycles. The molecule has 0 atom stereocenters. The van der Waals surface area contributed by atoms with Crippen LogP contribution in [-0.4, -0.2) is 21.9 Å². The molecule has 7 heteroatoms. The predicted octanol–water partition coefficient (Wildman–Crippen LogP) is 5.62. The Balaban J connectivity index is 1.58. The Hall–Kier alpha value is -2.38. The Morgan fingerprint density at radius 3 is 2.43 bits per heavy atom. The van der Waals surface area contributed by atoms with Crippen LogP contribution in [0.2, 0.25) is 0 Å². The van der Waals surface area contributed by atoms with Crippen molar-refractivity contribution in [2.75, 3.05) is 16.4 Å². The number of rotatable bonds is 6. The Labute approximate surface area is 174 Å². The first-order chi connectivity index (χ1) is 13.3. The third-order valence-corrected chi connectivity index (χ3v) is 6.10. The van der Waals surface area contributed by atoms with Gasteiger partial charge in [-0.1, -0.05) is 80.3 Å². The largest absolute Gasteiger partial charge is 0.330 e. The lowest BCUT2D eigenvalue weighted by atomic mass is 9.86. The van der Waals surface area contributed by atoms with Gasteiger partial charge in [0.25, 0.3) is 0 Å². The zero-order valence-electron chi connectivity index (χ0n) is 16.4. The van der Waals surface area contributed by atoms with Crippen molar-refractivity contribution in [2.45, 2.75) is 37.4 Å². The number of hydrogen-bond donors (Lipinski definition) is 2. The summed E-state index contributed by atoms with van der Waals surface area (Å²) in [5, 5.41) is 15.3. The molecule has 0 aliphatic heterocycles. The summed E-state index contributed by atoms with van der Waals surface area (Å²) in [7, 11) is 0. The van der Waals surface area contributed by atoms with Gasteiger partial charge in [0.15, 0.2) is 4.34 Å². The minimum absolute atomic E-state index is 0.0353. The lowest BCUT2D eigenvalue weighted by molar-refractivity contribution is -0.113. The van der Waals surface area contributed by atoms with Gasteiger partial charge in [0, 0.05) is 11.4 Å². The number of aryl methyl sites for hydroxylation is 1.